The highest BCUT2D eigenvalue weighted by Gasteiger charge is 2.19. The van der Waals surface area contributed by atoms with Crippen molar-refractivity contribution < 1.29 is 10.2 Å². The Hall–Kier alpha value is -2.19. The molecule has 0 bridgehead atoms. The largest absolute Gasteiger partial charge is 0.507 e. The molecular weight excluding hydrogens is 392 g/mol. The molecule has 0 unspecified atom stereocenters. The second-order valence-electron chi connectivity index (χ2n) is 9.73. The third-order valence-electron chi connectivity index (χ3n) is 5.02. The van der Waals surface area contributed by atoms with Crippen molar-refractivity contribution in [2.24, 2.45) is 9.98 Å². The lowest BCUT2D eigenvalue weighted by Gasteiger charge is -2.19. The third kappa shape index (κ3) is 5.90. The van der Waals surface area contributed by atoms with Gasteiger partial charge in [-0.2, -0.15) is 0 Å². The molecule has 0 amide bonds. The number of hydrogen-bond acceptors (Lipinski definition) is 4. The summed E-state index contributed by atoms with van der Waals surface area (Å²) in [5.74, 6) is 0.548. The molecule has 0 fully saturated rings. The van der Waals surface area contributed by atoms with Crippen LogP contribution in [0.4, 0.5) is 0 Å². The molecule has 2 aromatic carbocycles. The van der Waals surface area contributed by atoms with Crippen molar-refractivity contribution in [2.45, 2.75) is 53.1 Å². The van der Waals surface area contributed by atoms with Gasteiger partial charge in [-0.1, -0.05) is 73.9 Å². The molecule has 0 aliphatic heterocycles. The fourth-order valence-corrected chi connectivity index (χ4v) is 5.48. The van der Waals surface area contributed by atoms with Crippen LogP contribution < -0.4 is 10.4 Å². The molecule has 2 aromatic rings. The van der Waals surface area contributed by atoms with Crippen molar-refractivity contribution in [3.8, 4) is 11.5 Å². The number of phenols is 2. The van der Waals surface area contributed by atoms with Crippen LogP contribution in [0.2, 0.25) is 39.3 Å². The molecule has 156 valence electrons. The van der Waals surface area contributed by atoms with Gasteiger partial charge in [0.2, 0.25) is 0 Å². The molecule has 0 radical (unpaired) electrons. The summed E-state index contributed by atoms with van der Waals surface area (Å²) in [5, 5.41) is 23.3. The molecule has 0 aliphatic rings. The van der Waals surface area contributed by atoms with E-state index >= 15 is 0 Å². The Morgan fingerprint density at radius 3 is 1.34 bits per heavy atom. The van der Waals surface area contributed by atoms with Gasteiger partial charge >= 0.3 is 0 Å². The summed E-state index contributed by atoms with van der Waals surface area (Å²) in [6.45, 7) is 17.8. The summed E-state index contributed by atoms with van der Waals surface area (Å²) in [6.07, 6.45) is 3.37. The van der Waals surface area contributed by atoms with Crippen LogP contribution in [0.5, 0.6) is 11.5 Å². The summed E-state index contributed by atoms with van der Waals surface area (Å²) in [5.41, 5.74) is 3.21. The second-order valence-corrected chi connectivity index (χ2v) is 19.9. The average Bonchev–Trinajstić information content (AvgIpc) is 2.59. The number of nitrogens with zero attached hydrogens (tertiary/aromatic N) is 2. The van der Waals surface area contributed by atoms with Gasteiger partial charge in [0.25, 0.3) is 0 Å². The normalized spacial score (nSPS) is 13.0. The molecule has 2 rings (SSSR count). The van der Waals surface area contributed by atoms with E-state index in [4.69, 9.17) is 0 Å². The first-order chi connectivity index (χ1) is 13.3. The maximum absolute atomic E-state index is 10.4. The zero-order chi connectivity index (χ0) is 22.0. The first-order valence-corrected chi connectivity index (χ1v) is 17.0. The Morgan fingerprint density at radius 1 is 0.690 bits per heavy atom. The van der Waals surface area contributed by atoms with Gasteiger partial charge in [-0.05, 0) is 25.0 Å². The van der Waals surface area contributed by atoms with E-state index in [1.165, 1.54) is 10.4 Å². The monoisotopic (exact) mass is 426 g/mol. The average molecular weight is 427 g/mol. The Bertz CT molecular complexity index is 875. The standard InChI is InChI=1S/C23H34N2O2Si2/c1-16-9-20(28(3,4)5)11-18(22(16)26)13-24-15-25-14-19-12-21(29(6,7)8)10-17(2)23(19)27/h9-14,26-27H,15H2,1-8H3. The highest BCUT2D eigenvalue weighted by molar-refractivity contribution is 6.89. The molecule has 29 heavy (non-hydrogen) atoms. The van der Waals surface area contributed by atoms with Gasteiger partial charge in [-0.25, -0.2) is 0 Å². The highest BCUT2D eigenvalue weighted by Crippen LogP contribution is 2.22. The van der Waals surface area contributed by atoms with E-state index in [0.29, 0.717) is 0 Å². The van der Waals surface area contributed by atoms with Crippen LogP contribution in [0, 0.1) is 13.8 Å². The van der Waals surface area contributed by atoms with E-state index in [0.717, 1.165) is 22.3 Å². The van der Waals surface area contributed by atoms with E-state index < -0.39 is 16.1 Å². The molecule has 0 atom stereocenters. The molecule has 0 spiro atoms. The minimum absolute atomic E-state index is 0.241. The van der Waals surface area contributed by atoms with Crippen LogP contribution in [0.25, 0.3) is 0 Å². The van der Waals surface area contributed by atoms with E-state index in [1.807, 2.05) is 26.0 Å². The SMILES string of the molecule is Cc1cc([Si](C)(C)C)cc(C=NCN=Cc2cc([Si](C)(C)C)cc(C)c2O)c1O. The van der Waals surface area contributed by atoms with Crippen LogP contribution in [0.1, 0.15) is 22.3 Å². The van der Waals surface area contributed by atoms with Crippen LogP contribution in [-0.4, -0.2) is 45.5 Å². The van der Waals surface area contributed by atoms with Crippen LogP contribution in [0.15, 0.2) is 34.3 Å². The van der Waals surface area contributed by atoms with Gasteiger partial charge in [-0.15, -0.1) is 0 Å². The quantitative estimate of drug-likeness (QED) is 0.534. The van der Waals surface area contributed by atoms with Crippen LogP contribution in [0.3, 0.4) is 0 Å². The molecule has 2 N–H and O–H groups in total. The Labute approximate surface area is 177 Å². The molecule has 0 aliphatic carbocycles. The minimum Gasteiger partial charge on any atom is -0.507 e. The first-order valence-electron chi connectivity index (χ1n) is 9.98. The fourth-order valence-electron chi connectivity index (χ4n) is 3.00. The molecule has 4 nitrogen and oxygen atoms in total. The summed E-state index contributed by atoms with van der Waals surface area (Å²) in [4.78, 5) is 8.73. The number of aromatic hydroxyl groups is 2. The number of benzene rings is 2. The lowest BCUT2D eigenvalue weighted by Crippen LogP contribution is -2.38. The maximum Gasteiger partial charge on any atom is 0.129 e. The van der Waals surface area contributed by atoms with E-state index in [-0.39, 0.29) is 18.2 Å². The van der Waals surface area contributed by atoms with Gasteiger partial charge in [0.1, 0.15) is 18.2 Å². The van der Waals surface area contributed by atoms with Gasteiger partial charge < -0.3 is 10.2 Å². The first kappa shape index (κ1) is 23.1. The van der Waals surface area contributed by atoms with Crippen LogP contribution >= 0.6 is 0 Å². The number of phenolic OH excluding ortho intramolecular Hbond substituents is 2. The van der Waals surface area contributed by atoms with Crippen molar-refractivity contribution in [1.82, 2.24) is 0 Å². The predicted molar refractivity (Wildman–Crippen MR) is 132 cm³/mol. The zero-order valence-corrected chi connectivity index (χ0v) is 21.0. The summed E-state index contributed by atoms with van der Waals surface area (Å²) >= 11 is 0. The van der Waals surface area contributed by atoms with E-state index in [2.05, 4.69) is 61.4 Å². The van der Waals surface area contributed by atoms with Gasteiger partial charge in [0.15, 0.2) is 0 Å². The van der Waals surface area contributed by atoms with Crippen molar-refractivity contribution in [3.05, 3.63) is 46.5 Å². The second kappa shape index (κ2) is 8.67. The maximum atomic E-state index is 10.4. The van der Waals surface area contributed by atoms with Crippen molar-refractivity contribution in [1.29, 1.82) is 0 Å². The lowest BCUT2D eigenvalue weighted by molar-refractivity contribution is 0.470. The minimum atomic E-state index is -1.48. The summed E-state index contributed by atoms with van der Waals surface area (Å²) in [6, 6.07) is 8.23. The Morgan fingerprint density at radius 2 is 1.03 bits per heavy atom. The van der Waals surface area contributed by atoms with Crippen molar-refractivity contribution >= 4 is 39.0 Å². The van der Waals surface area contributed by atoms with Gasteiger partial charge in [-0.3, -0.25) is 9.98 Å². The number of aliphatic imine (C=N–C) groups is 2. The number of aryl methyl sites for hydroxylation is 2. The van der Waals surface area contributed by atoms with Crippen molar-refractivity contribution in [2.75, 3.05) is 6.67 Å². The molecule has 6 heteroatoms. The topological polar surface area (TPSA) is 65.2 Å². The molecule has 0 heterocycles. The fraction of sp³-hybridized carbons (Fsp3) is 0.391. The zero-order valence-electron chi connectivity index (χ0n) is 19.0. The smallest absolute Gasteiger partial charge is 0.129 e. The highest BCUT2D eigenvalue weighted by atomic mass is 28.3. The molecule has 0 saturated heterocycles. The summed E-state index contributed by atoms with van der Waals surface area (Å²) < 4.78 is 0. The number of rotatable bonds is 6. The van der Waals surface area contributed by atoms with Crippen molar-refractivity contribution in [3.63, 3.8) is 0 Å². The van der Waals surface area contributed by atoms with E-state index in [9.17, 15) is 10.2 Å². The lowest BCUT2D eigenvalue weighted by atomic mass is 10.1. The van der Waals surface area contributed by atoms with E-state index in [1.54, 1.807) is 12.4 Å². The third-order valence-corrected chi connectivity index (χ3v) is 9.06. The summed E-state index contributed by atoms with van der Waals surface area (Å²) in [7, 11) is -2.95. The number of hydrogen-bond donors (Lipinski definition) is 2. The predicted octanol–water partition coefficient (Wildman–Crippen LogP) is 4.30. The molecular formula is C23H34N2O2Si2. The Kier molecular flexibility index (Phi) is 6.91. The Balaban J connectivity index is 2.21. The van der Waals surface area contributed by atoms with Crippen LogP contribution in [-0.2, 0) is 0 Å². The van der Waals surface area contributed by atoms with Gasteiger partial charge in [0, 0.05) is 23.6 Å². The molecule has 0 saturated carbocycles. The molecule has 0 aromatic heterocycles. The van der Waals surface area contributed by atoms with Gasteiger partial charge in [0.05, 0.1) is 16.1 Å².